The Labute approximate surface area is 347 Å². The van der Waals surface area contributed by atoms with Gasteiger partial charge in [0.25, 0.3) is 0 Å². The van der Waals surface area contributed by atoms with Gasteiger partial charge in [0.1, 0.15) is 36.0 Å². The van der Waals surface area contributed by atoms with Gasteiger partial charge >= 0.3 is 12.0 Å². The summed E-state index contributed by atoms with van der Waals surface area (Å²) in [4.78, 5) is 97.4. The number of aromatic hydroxyl groups is 1. The molecular weight excluding hydrogens is 787 g/mol. The van der Waals surface area contributed by atoms with Crippen molar-refractivity contribution in [3.8, 4) is 5.75 Å². The highest BCUT2D eigenvalue weighted by Crippen LogP contribution is 2.20. The second-order valence-electron chi connectivity index (χ2n) is 14.0. The number of carbonyl (C=O) groups excluding carboxylic acids is 6. The van der Waals surface area contributed by atoms with Crippen LogP contribution in [-0.4, -0.2) is 124 Å². The molecule has 0 spiro atoms. The van der Waals surface area contributed by atoms with E-state index in [4.69, 9.17) is 22.9 Å². The number of aliphatic carboxylic acids is 1. The number of nitrogens with one attached hydrogen (secondary N) is 5. The number of likely N-dealkylation sites (tertiary alicyclic amines) is 1. The summed E-state index contributed by atoms with van der Waals surface area (Å²) >= 11 is 4.04. The highest BCUT2D eigenvalue weighted by Gasteiger charge is 2.39. The molecule has 0 radical (unpaired) electrons. The third kappa shape index (κ3) is 16.0. The predicted molar refractivity (Wildman–Crippen MR) is 221 cm³/mol. The Morgan fingerprint density at radius 2 is 1.31 bits per heavy atom. The highest BCUT2D eigenvalue weighted by atomic mass is 32.1. The van der Waals surface area contributed by atoms with Gasteiger partial charge < -0.3 is 64.6 Å². The quantitative estimate of drug-likeness (QED) is 0.0249. The maximum absolute atomic E-state index is 14.3. The summed E-state index contributed by atoms with van der Waals surface area (Å²) in [5, 5.41) is 32.8. The molecule has 2 aromatic carbocycles. The minimum absolute atomic E-state index is 0.00194. The number of carboxylic acid groups (broad SMARTS) is 1. The van der Waals surface area contributed by atoms with Crippen LogP contribution >= 0.6 is 12.6 Å². The van der Waals surface area contributed by atoms with Gasteiger partial charge in [0.2, 0.25) is 29.5 Å². The number of phenols is 1. The first-order chi connectivity index (χ1) is 28.1. The molecule has 3 rings (SSSR count). The lowest BCUT2D eigenvalue weighted by Crippen LogP contribution is -2.60. The van der Waals surface area contributed by atoms with E-state index in [2.05, 4.69) is 44.2 Å². The van der Waals surface area contributed by atoms with E-state index >= 15 is 0 Å². The molecule has 1 aliphatic rings. The summed E-state index contributed by atoms with van der Waals surface area (Å²) < 4.78 is 0. The predicted octanol–water partition coefficient (Wildman–Crippen LogP) is -2.05. The van der Waals surface area contributed by atoms with Gasteiger partial charge in [0.15, 0.2) is 5.96 Å². The number of amides is 7. The van der Waals surface area contributed by atoms with E-state index in [1.54, 1.807) is 42.5 Å². The van der Waals surface area contributed by atoms with Gasteiger partial charge in [0.05, 0.1) is 6.04 Å². The molecule has 20 nitrogen and oxygen atoms in total. The van der Waals surface area contributed by atoms with E-state index in [9.17, 15) is 43.8 Å². The smallest absolute Gasteiger partial charge is 0.326 e. The molecule has 1 heterocycles. The molecule has 322 valence electrons. The first-order valence-corrected chi connectivity index (χ1v) is 19.7. The van der Waals surface area contributed by atoms with Crippen molar-refractivity contribution in [2.45, 2.75) is 87.6 Å². The number of nitrogens with two attached hydrogens (primary N) is 4. The number of carbonyl (C=O) groups is 7. The van der Waals surface area contributed by atoms with Crippen molar-refractivity contribution >= 4 is 60.1 Å². The average molecular weight is 842 g/mol. The monoisotopic (exact) mass is 841 g/mol. The van der Waals surface area contributed by atoms with Crippen LogP contribution in [0.5, 0.6) is 5.75 Å². The number of thiol groups is 1. The van der Waals surface area contributed by atoms with Crippen LogP contribution in [0.4, 0.5) is 4.79 Å². The van der Waals surface area contributed by atoms with Crippen molar-refractivity contribution in [3.05, 3.63) is 65.7 Å². The Morgan fingerprint density at radius 1 is 0.763 bits per heavy atom. The van der Waals surface area contributed by atoms with Crippen molar-refractivity contribution in [1.82, 2.24) is 31.5 Å². The molecule has 1 fully saturated rings. The topological polar surface area (TPSA) is 340 Å². The molecule has 7 amide bonds. The van der Waals surface area contributed by atoms with E-state index in [-0.39, 0.29) is 82.0 Å². The first kappa shape index (κ1) is 47.3. The molecule has 1 aliphatic heterocycles. The number of hydrogen-bond acceptors (Lipinski definition) is 11. The van der Waals surface area contributed by atoms with Gasteiger partial charge in [-0.2, -0.15) is 12.6 Å². The summed E-state index contributed by atoms with van der Waals surface area (Å²) in [5.41, 5.74) is 23.1. The first-order valence-electron chi connectivity index (χ1n) is 19.1. The molecule has 0 aromatic heterocycles. The van der Waals surface area contributed by atoms with Crippen molar-refractivity contribution in [1.29, 1.82) is 0 Å². The zero-order valence-electron chi connectivity index (χ0n) is 32.5. The van der Waals surface area contributed by atoms with Crippen LogP contribution in [0.1, 0.15) is 49.7 Å². The molecule has 59 heavy (non-hydrogen) atoms. The molecule has 21 heteroatoms. The summed E-state index contributed by atoms with van der Waals surface area (Å²) in [6.07, 6.45) is 0.931. The second kappa shape index (κ2) is 24.0. The zero-order chi connectivity index (χ0) is 43.5. The Kier molecular flexibility index (Phi) is 19.2. The van der Waals surface area contributed by atoms with Gasteiger partial charge in [0, 0.05) is 38.2 Å². The zero-order valence-corrected chi connectivity index (χ0v) is 33.4. The molecular formula is C38H55N11O9S. The molecule has 2 aromatic rings. The lowest BCUT2D eigenvalue weighted by atomic mass is 10.0. The maximum Gasteiger partial charge on any atom is 0.326 e. The van der Waals surface area contributed by atoms with E-state index in [0.717, 1.165) is 0 Å². The number of guanidine groups is 1. The fourth-order valence-electron chi connectivity index (χ4n) is 6.35. The van der Waals surface area contributed by atoms with E-state index < -0.39 is 77.8 Å². The van der Waals surface area contributed by atoms with Crippen LogP contribution < -0.4 is 49.5 Å². The largest absolute Gasteiger partial charge is 0.508 e. The summed E-state index contributed by atoms with van der Waals surface area (Å²) in [7, 11) is 0. The van der Waals surface area contributed by atoms with Gasteiger partial charge in [-0.15, -0.1) is 0 Å². The minimum Gasteiger partial charge on any atom is -0.508 e. The third-order valence-electron chi connectivity index (χ3n) is 9.44. The maximum atomic E-state index is 14.3. The number of aliphatic imine (C=N–C) groups is 1. The Hall–Kier alpha value is -6.09. The van der Waals surface area contributed by atoms with Crippen LogP contribution in [0.25, 0.3) is 0 Å². The molecule has 0 unspecified atom stereocenters. The molecule has 1 saturated heterocycles. The minimum atomic E-state index is -1.37. The van der Waals surface area contributed by atoms with Gasteiger partial charge in [-0.25, -0.2) is 9.59 Å². The number of hydrogen-bond donors (Lipinski definition) is 12. The molecule has 15 N–H and O–H groups in total. The Balaban J connectivity index is 1.95. The summed E-state index contributed by atoms with van der Waals surface area (Å²) in [6, 6.07) is 6.62. The van der Waals surface area contributed by atoms with Crippen LogP contribution in [-0.2, 0) is 41.6 Å². The number of nitrogens with zero attached hydrogens (tertiary/aromatic N) is 2. The van der Waals surface area contributed by atoms with E-state index in [0.29, 0.717) is 17.5 Å². The van der Waals surface area contributed by atoms with Gasteiger partial charge in [-0.3, -0.25) is 29.0 Å². The second-order valence-corrected chi connectivity index (χ2v) is 14.4. The summed E-state index contributed by atoms with van der Waals surface area (Å²) in [6.45, 7) is 0.328. The lowest BCUT2D eigenvalue weighted by Gasteiger charge is -2.29. The van der Waals surface area contributed by atoms with Crippen molar-refractivity contribution in [2.24, 2.45) is 27.9 Å². The Bertz CT molecular complexity index is 1780. The number of phenolic OH excluding ortho intramolecular Hbond substituents is 1. The number of carboxylic acids is 1. The number of rotatable bonds is 23. The van der Waals surface area contributed by atoms with E-state index in [1.807, 2.05) is 0 Å². The van der Waals surface area contributed by atoms with Gasteiger partial charge in [-0.05, 0) is 61.8 Å². The third-order valence-corrected chi connectivity index (χ3v) is 9.83. The van der Waals surface area contributed by atoms with Crippen molar-refractivity contribution in [2.75, 3.05) is 25.4 Å². The lowest BCUT2D eigenvalue weighted by molar-refractivity contribution is -0.149. The van der Waals surface area contributed by atoms with Crippen molar-refractivity contribution in [3.63, 3.8) is 0 Å². The van der Waals surface area contributed by atoms with Crippen molar-refractivity contribution < 1.29 is 43.8 Å². The van der Waals surface area contributed by atoms with Crippen LogP contribution in [0.15, 0.2) is 59.6 Å². The van der Waals surface area contributed by atoms with E-state index in [1.165, 1.54) is 17.0 Å². The van der Waals surface area contributed by atoms with Crippen LogP contribution in [0.2, 0.25) is 0 Å². The molecule has 0 aliphatic carbocycles. The summed E-state index contributed by atoms with van der Waals surface area (Å²) in [5.74, 6) is -5.12. The SMILES string of the molecule is NC(=O)NCCC[C@H](NC(=O)[C@@H](N)CS)C(=O)N[C@@H](CCCN=C(N)N)C(=O)N[C@@H](Cc1ccc(O)cc1)C(=O)N[C@@H](Cc1ccccc1)C(=O)N1CCC[C@H]1C(=O)O. The highest BCUT2D eigenvalue weighted by molar-refractivity contribution is 7.80. The molecule has 0 bridgehead atoms. The average Bonchev–Trinajstić information content (AvgIpc) is 3.70. The van der Waals surface area contributed by atoms with Crippen LogP contribution in [0.3, 0.4) is 0 Å². The fraction of sp³-hybridized carbons (Fsp3) is 0.474. The van der Waals surface area contributed by atoms with Crippen LogP contribution in [0, 0.1) is 0 Å². The number of benzene rings is 2. The Morgan fingerprint density at radius 3 is 1.90 bits per heavy atom. The molecule has 6 atom stereocenters. The fourth-order valence-corrected chi connectivity index (χ4v) is 6.52. The normalized spacial score (nSPS) is 16.0. The van der Waals surface area contributed by atoms with Gasteiger partial charge in [-0.1, -0.05) is 42.5 Å². The number of urea groups is 1. The molecule has 0 saturated carbocycles. The number of primary amides is 1. The standard InChI is InChI=1S/C38H55N11O9S/c39-25(21-59)31(51)45-26(10-5-17-44-38(42)58)32(52)46-27(9-4-16-43-37(40)41)33(53)47-28(19-23-12-14-24(50)15-13-23)34(54)48-29(20-22-7-2-1-3-8-22)35(55)49-18-6-11-30(49)36(56)57/h1-3,7-8,12-15,25-30,50,59H,4-6,9-11,16-21,39H2,(H,45,51)(H,46,52)(H,47,53)(H,48,54)(H,56,57)(H4,40,41,43)(H3,42,44,58)/t25-,26-,27-,28-,29-,30-/m0/s1.